The highest BCUT2D eigenvalue weighted by molar-refractivity contribution is 5.93. The molecule has 0 saturated heterocycles. The van der Waals surface area contributed by atoms with Crippen LogP contribution in [0.2, 0.25) is 0 Å². The van der Waals surface area contributed by atoms with E-state index in [4.69, 9.17) is 0 Å². The van der Waals surface area contributed by atoms with E-state index in [1.54, 1.807) is 6.20 Å². The van der Waals surface area contributed by atoms with Gasteiger partial charge in [-0.25, -0.2) is 0 Å². The van der Waals surface area contributed by atoms with Crippen molar-refractivity contribution in [3.8, 4) is 0 Å². The molecule has 20 heavy (non-hydrogen) atoms. The van der Waals surface area contributed by atoms with E-state index in [1.165, 1.54) is 0 Å². The van der Waals surface area contributed by atoms with Gasteiger partial charge in [0, 0.05) is 24.5 Å². The molecule has 1 aromatic rings. The van der Waals surface area contributed by atoms with Gasteiger partial charge < -0.3 is 10.6 Å². The summed E-state index contributed by atoms with van der Waals surface area (Å²) in [5.41, 5.74) is 1.42. The van der Waals surface area contributed by atoms with E-state index >= 15 is 0 Å². The lowest BCUT2D eigenvalue weighted by Gasteiger charge is -2.22. The smallest absolute Gasteiger partial charge is 0.270 e. The molecule has 0 aromatic carbocycles. The Balaban J connectivity index is 2.67. The second-order valence-corrected chi connectivity index (χ2v) is 5.20. The van der Waals surface area contributed by atoms with Gasteiger partial charge >= 0.3 is 0 Å². The largest absolute Gasteiger partial charge is 0.385 e. The minimum Gasteiger partial charge on any atom is -0.385 e. The lowest BCUT2D eigenvalue weighted by atomic mass is 9.95. The Bertz CT molecular complexity index is 416. The first-order valence-electron chi connectivity index (χ1n) is 7.63. The Labute approximate surface area is 122 Å². The van der Waals surface area contributed by atoms with Crippen LogP contribution in [0.15, 0.2) is 18.3 Å². The molecule has 0 fully saturated rings. The van der Waals surface area contributed by atoms with E-state index < -0.39 is 0 Å². The summed E-state index contributed by atoms with van der Waals surface area (Å²) < 4.78 is 0. The van der Waals surface area contributed by atoms with Gasteiger partial charge in [0.2, 0.25) is 0 Å². The number of carbonyl (C=O) groups excluding carboxylic acids is 1. The van der Waals surface area contributed by atoms with Crippen LogP contribution in [0, 0.1) is 5.92 Å². The van der Waals surface area contributed by atoms with Gasteiger partial charge in [0.1, 0.15) is 5.69 Å². The average molecular weight is 277 g/mol. The van der Waals surface area contributed by atoms with Crippen LogP contribution in [0.3, 0.4) is 0 Å². The Morgan fingerprint density at radius 1 is 1.30 bits per heavy atom. The fourth-order valence-electron chi connectivity index (χ4n) is 2.33. The van der Waals surface area contributed by atoms with Gasteiger partial charge in [0.25, 0.3) is 5.91 Å². The van der Waals surface area contributed by atoms with Gasteiger partial charge in [-0.1, -0.05) is 33.6 Å². The Hall–Kier alpha value is -1.58. The van der Waals surface area contributed by atoms with Crippen LogP contribution < -0.4 is 10.6 Å². The number of aromatic nitrogens is 1. The van der Waals surface area contributed by atoms with Gasteiger partial charge in [0.05, 0.1) is 0 Å². The summed E-state index contributed by atoms with van der Waals surface area (Å²) in [6.07, 6.45) is 4.87. The maximum absolute atomic E-state index is 12.2. The van der Waals surface area contributed by atoms with Crippen molar-refractivity contribution < 1.29 is 4.79 Å². The van der Waals surface area contributed by atoms with E-state index in [2.05, 4.69) is 43.3 Å². The van der Waals surface area contributed by atoms with Crippen molar-refractivity contribution in [2.45, 2.75) is 53.0 Å². The van der Waals surface area contributed by atoms with E-state index in [9.17, 15) is 4.79 Å². The summed E-state index contributed by atoms with van der Waals surface area (Å²) in [5.74, 6) is 0.421. The number of carbonyl (C=O) groups is 1. The molecule has 1 aromatic heterocycles. The monoisotopic (exact) mass is 277 g/mol. The van der Waals surface area contributed by atoms with Crippen molar-refractivity contribution in [3.63, 3.8) is 0 Å². The quantitative estimate of drug-likeness (QED) is 0.765. The second-order valence-electron chi connectivity index (χ2n) is 5.20. The van der Waals surface area contributed by atoms with E-state index in [0.29, 0.717) is 11.6 Å². The van der Waals surface area contributed by atoms with Crippen LogP contribution in [-0.2, 0) is 0 Å². The van der Waals surface area contributed by atoms with Crippen LogP contribution in [0.5, 0.6) is 0 Å². The zero-order valence-corrected chi connectivity index (χ0v) is 13.1. The minimum atomic E-state index is -0.0930. The van der Waals surface area contributed by atoms with Crippen LogP contribution in [0.1, 0.15) is 57.4 Å². The first-order valence-corrected chi connectivity index (χ1v) is 7.63. The number of rotatable bonds is 8. The first-order chi connectivity index (χ1) is 9.62. The predicted octanol–water partition coefficient (Wildman–Crippen LogP) is 3.46. The molecule has 0 spiro atoms. The summed E-state index contributed by atoms with van der Waals surface area (Å²) in [6, 6.07) is 3.87. The molecule has 0 bridgehead atoms. The summed E-state index contributed by atoms with van der Waals surface area (Å²) in [5, 5.41) is 6.32. The number of nitrogens with one attached hydrogen (secondary N) is 2. The van der Waals surface area contributed by atoms with E-state index in [1.807, 2.05) is 12.1 Å². The maximum Gasteiger partial charge on any atom is 0.270 e. The minimum absolute atomic E-state index is 0.0930. The van der Waals surface area contributed by atoms with Crippen LogP contribution in [0.4, 0.5) is 5.69 Å². The van der Waals surface area contributed by atoms with Crippen molar-refractivity contribution in [3.05, 3.63) is 24.0 Å². The molecule has 4 heteroatoms. The normalized spacial score (nSPS) is 12.2. The van der Waals surface area contributed by atoms with Crippen molar-refractivity contribution in [1.29, 1.82) is 0 Å². The average Bonchev–Trinajstić information content (AvgIpc) is 2.46. The van der Waals surface area contributed by atoms with Crippen LogP contribution in [-0.4, -0.2) is 23.5 Å². The molecule has 0 saturated carbocycles. The van der Waals surface area contributed by atoms with E-state index in [0.717, 1.165) is 31.5 Å². The zero-order chi connectivity index (χ0) is 15.0. The molecule has 0 radical (unpaired) electrons. The highest BCUT2D eigenvalue weighted by Gasteiger charge is 2.17. The number of hydrogen-bond acceptors (Lipinski definition) is 3. The SMILES string of the molecule is CCCNc1ccnc(C(=O)NC(C)C(CC)CC)c1. The van der Waals surface area contributed by atoms with Crippen molar-refractivity contribution >= 4 is 11.6 Å². The van der Waals surface area contributed by atoms with Crippen molar-refractivity contribution in [2.75, 3.05) is 11.9 Å². The van der Waals surface area contributed by atoms with Gasteiger partial charge in [-0.15, -0.1) is 0 Å². The number of hydrogen-bond donors (Lipinski definition) is 2. The fourth-order valence-corrected chi connectivity index (χ4v) is 2.33. The Morgan fingerprint density at radius 3 is 2.60 bits per heavy atom. The van der Waals surface area contributed by atoms with Gasteiger partial charge in [0.15, 0.2) is 0 Å². The molecule has 1 unspecified atom stereocenters. The van der Waals surface area contributed by atoms with Crippen molar-refractivity contribution in [2.24, 2.45) is 5.92 Å². The molecule has 4 nitrogen and oxygen atoms in total. The summed E-state index contributed by atoms with van der Waals surface area (Å²) in [4.78, 5) is 16.4. The lowest BCUT2D eigenvalue weighted by Crippen LogP contribution is -2.38. The lowest BCUT2D eigenvalue weighted by molar-refractivity contribution is 0.0920. The standard InChI is InChI=1S/C16H27N3O/c1-5-9-17-14-8-10-18-15(11-14)16(20)19-12(4)13(6-2)7-3/h8,10-13H,5-7,9H2,1-4H3,(H,17,18)(H,19,20). The summed E-state index contributed by atoms with van der Waals surface area (Å²) >= 11 is 0. The Morgan fingerprint density at radius 2 is 2.00 bits per heavy atom. The molecule has 112 valence electrons. The molecule has 0 aliphatic carbocycles. The number of anilines is 1. The summed E-state index contributed by atoms with van der Waals surface area (Å²) in [6.45, 7) is 9.39. The van der Waals surface area contributed by atoms with Crippen LogP contribution >= 0.6 is 0 Å². The van der Waals surface area contributed by atoms with Gasteiger partial charge in [-0.05, 0) is 31.4 Å². The van der Waals surface area contributed by atoms with Crippen LogP contribution in [0.25, 0.3) is 0 Å². The predicted molar refractivity (Wildman–Crippen MR) is 84.0 cm³/mol. The number of amides is 1. The first kappa shape index (κ1) is 16.5. The second kappa shape index (κ2) is 8.56. The highest BCUT2D eigenvalue weighted by Crippen LogP contribution is 2.14. The molecular formula is C16H27N3O. The third-order valence-corrected chi connectivity index (χ3v) is 3.69. The third-order valence-electron chi connectivity index (χ3n) is 3.69. The maximum atomic E-state index is 12.2. The fraction of sp³-hybridized carbons (Fsp3) is 0.625. The van der Waals surface area contributed by atoms with Gasteiger partial charge in [-0.3, -0.25) is 9.78 Å². The third kappa shape index (κ3) is 4.83. The zero-order valence-electron chi connectivity index (χ0n) is 13.1. The van der Waals surface area contributed by atoms with Crippen molar-refractivity contribution in [1.82, 2.24) is 10.3 Å². The molecule has 1 heterocycles. The number of pyridine rings is 1. The molecule has 0 aliphatic heterocycles. The highest BCUT2D eigenvalue weighted by atomic mass is 16.1. The molecule has 0 aliphatic rings. The number of nitrogens with zero attached hydrogens (tertiary/aromatic N) is 1. The Kier molecular flexibility index (Phi) is 7.05. The topological polar surface area (TPSA) is 54.0 Å². The molecule has 1 atom stereocenters. The van der Waals surface area contributed by atoms with Gasteiger partial charge in [-0.2, -0.15) is 0 Å². The molecule has 1 amide bonds. The molecular weight excluding hydrogens is 250 g/mol. The van der Waals surface area contributed by atoms with E-state index in [-0.39, 0.29) is 11.9 Å². The summed E-state index contributed by atoms with van der Waals surface area (Å²) in [7, 11) is 0. The molecule has 2 N–H and O–H groups in total. The molecule has 1 rings (SSSR count).